The standard InChI is InChI=1S/C10H16N4/c1-2-9(10-8(1)7-12-13-10)14-5-3-11-4-6-14/h7,9,11H,1-6H2,(H,12,13). The van der Waals surface area contributed by atoms with Crippen LogP contribution in [0.25, 0.3) is 0 Å². The highest BCUT2D eigenvalue weighted by molar-refractivity contribution is 5.25. The first-order valence-corrected chi connectivity index (χ1v) is 5.42. The number of hydrogen-bond donors (Lipinski definition) is 2. The summed E-state index contributed by atoms with van der Waals surface area (Å²) in [6.07, 6.45) is 4.45. The van der Waals surface area contributed by atoms with Crippen LogP contribution in [0.15, 0.2) is 6.20 Å². The number of aryl methyl sites for hydroxylation is 1. The summed E-state index contributed by atoms with van der Waals surface area (Å²) in [4.78, 5) is 2.57. The van der Waals surface area contributed by atoms with Crippen molar-refractivity contribution in [2.24, 2.45) is 0 Å². The smallest absolute Gasteiger partial charge is 0.0555 e. The molecule has 76 valence electrons. The summed E-state index contributed by atoms with van der Waals surface area (Å²) in [5.74, 6) is 0. The quantitative estimate of drug-likeness (QED) is 0.672. The van der Waals surface area contributed by atoms with E-state index in [1.807, 2.05) is 6.20 Å². The second-order valence-electron chi connectivity index (χ2n) is 4.15. The van der Waals surface area contributed by atoms with E-state index in [-0.39, 0.29) is 0 Å². The number of aromatic amines is 1. The number of nitrogens with zero attached hydrogens (tertiary/aromatic N) is 2. The molecule has 14 heavy (non-hydrogen) atoms. The number of piperazine rings is 1. The van der Waals surface area contributed by atoms with Gasteiger partial charge >= 0.3 is 0 Å². The molecule has 1 aromatic heterocycles. The predicted molar refractivity (Wildman–Crippen MR) is 54.1 cm³/mol. The molecule has 4 heteroatoms. The fourth-order valence-electron chi connectivity index (χ4n) is 2.60. The van der Waals surface area contributed by atoms with Crippen LogP contribution >= 0.6 is 0 Å². The molecule has 1 saturated heterocycles. The van der Waals surface area contributed by atoms with E-state index in [1.165, 1.54) is 37.2 Å². The van der Waals surface area contributed by atoms with E-state index in [0.29, 0.717) is 6.04 Å². The number of aromatic nitrogens is 2. The Balaban J connectivity index is 1.80. The maximum atomic E-state index is 4.12. The van der Waals surface area contributed by atoms with Gasteiger partial charge in [-0.3, -0.25) is 10.00 Å². The first-order chi connectivity index (χ1) is 6.95. The molecule has 0 spiro atoms. The Morgan fingerprint density at radius 3 is 3.07 bits per heavy atom. The van der Waals surface area contributed by atoms with Gasteiger partial charge in [-0.2, -0.15) is 5.10 Å². The third-order valence-electron chi connectivity index (χ3n) is 3.36. The molecule has 0 bridgehead atoms. The van der Waals surface area contributed by atoms with Crippen LogP contribution in [0, 0.1) is 0 Å². The van der Waals surface area contributed by atoms with Crippen LogP contribution in [0.3, 0.4) is 0 Å². The van der Waals surface area contributed by atoms with Crippen molar-refractivity contribution in [1.29, 1.82) is 0 Å². The summed E-state index contributed by atoms with van der Waals surface area (Å²) in [6.45, 7) is 4.59. The van der Waals surface area contributed by atoms with Crippen LogP contribution in [-0.2, 0) is 6.42 Å². The van der Waals surface area contributed by atoms with Crippen LogP contribution in [0.4, 0.5) is 0 Å². The zero-order valence-corrected chi connectivity index (χ0v) is 8.29. The lowest BCUT2D eigenvalue weighted by atomic mass is 10.2. The lowest BCUT2D eigenvalue weighted by Gasteiger charge is -2.32. The largest absolute Gasteiger partial charge is 0.314 e. The van der Waals surface area contributed by atoms with Gasteiger partial charge in [-0.1, -0.05) is 0 Å². The Hall–Kier alpha value is -0.870. The van der Waals surface area contributed by atoms with Gasteiger partial charge in [0.2, 0.25) is 0 Å². The van der Waals surface area contributed by atoms with Crippen molar-refractivity contribution in [2.75, 3.05) is 26.2 Å². The van der Waals surface area contributed by atoms with Crippen molar-refractivity contribution >= 4 is 0 Å². The van der Waals surface area contributed by atoms with E-state index >= 15 is 0 Å². The lowest BCUT2D eigenvalue weighted by molar-refractivity contribution is 0.170. The molecule has 3 rings (SSSR count). The molecule has 1 aliphatic carbocycles. The van der Waals surface area contributed by atoms with Crippen molar-refractivity contribution < 1.29 is 0 Å². The molecule has 0 aromatic carbocycles. The van der Waals surface area contributed by atoms with Crippen molar-refractivity contribution in [3.63, 3.8) is 0 Å². The molecule has 1 aliphatic heterocycles. The highest BCUT2D eigenvalue weighted by atomic mass is 15.2. The van der Waals surface area contributed by atoms with Crippen LogP contribution in [0.2, 0.25) is 0 Å². The van der Waals surface area contributed by atoms with Crippen molar-refractivity contribution in [3.05, 3.63) is 17.5 Å². The highest BCUT2D eigenvalue weighted by Gasteiger charge is 2.29. The number of hydrogen-bond acceptors (Lipinski definition) is 3. The summed E-state index contributed by atoms with van der Waals surface area (Å²) in [6, 6.07) is 0.606. The van der Waals surface area contributed by atoms with Gasteiger partial charge in [-0.25, -0.2) is 0 Å². The van der Waals surface area contributed by atoms with E-state index < -0.39 is 0 Å². The summed E-state index contributed by atoms with van der Waals surface area (Å²) in [5.41, 5.74) is 2.79. The minimum absolute atomic E-state index is 0.606. The van der Waals surface area contributed by atoms with Gasteiger partial charge in [0.15, 0.2) is 0 Å². The van der Waals surface area contributed by atoms with Gasteiger partial charge in [0.1, 0.15) is 0 Å². The average Bonchev–Trinajstić information content (AvgIpc) is 2.79. The normalized spacial score (nSPS) is 27.9. The molecule has 2 N–H and O–H groups in total. The van der Waals surface area contributed by atoms with Crippen molar-refractivity contribution in [2.45, 2.75) is 18.9 Å². The molecule has 2 aliphatic rings. The molecule has 0 radical (unpaired) electrons. The molecule has 1 unspecified atom stereocenters. The second kappa shape index (κ2) is 3.37. The Bertz CT molecular complexity index is 314. The number of rotatable bonds is 1. The SMILES string of the molecule is c1n[nH]c2c1CCC2N1CCNCC1. The maximum absolute atomic E-state index is 4.12. The minimum atomic E-state index is 0.606. The van der Waals surface area contributed by atoms with E-state index in [9.17, 15) is 0 Å². The van der Waals surface area contributed by atoms with Gasteiger partial charge in [-0.05, 0) is 18.4 Å². The predicted octanol–water partition coefficient (Wildman–Crippen LogP) is 0.302. The summed E-state index contributed by atoms with van der Waals surface area (Å²) >= 11 is 0. The summed E-state index contributed by atoms with van der Waals surface area (Å²) < 4.78 is 0. The first kappa shape index (κ1) is 8.44. The molecule has 2 heterocycles. The van der Waals surface area contributed by atoms with E-state index in [4.69, 9.17) is 0 Å². The Labute approximate surface area is 83.7 Å². The zero-order chi connectivity index (χ0) is 9.38. The summed E-state index contributed by atoms with van der Waals surface area (Å²) in [7, 11) is 0. The molecule has 1 aromatic rings. The molecule has 4 nitrogen and oxygen atoms in total. The highest BCUT2D eigenvalue weighted by Crippen LogP contribution is 2.33. The Morgan fingerprint density at radius 1 is 1.36 bits per heavy atom. The molecule has 1 fully saturated rings. The molecule has 0 amide bonds. The topological polar surface area (TPSA) is 44.0 Å². The number of nitrogens with one attached hydrogen (secondary N) is 2. The monoisotopic (exact) mass is 192 g/mol. The maximum Gasteiger partial charge on any atom is 0.0555 e. The third kappa shape index (κ3) is 1.26. The van der Waals surface area contributed by atoms with Crippen LogP contribution in [0.1, 0.15) is 23.7 Å². The van der Waals surface area contributed by atoms with Crippen LogP contribution in [0.5, 0.6) is 0 Å². The van der Waals surface area contributed by atoms with E-state index in [1.54, 1.807) is 0 Å². The number of H-pyrrole nitrogens is 1. The Kier molecular flexibility index (Phi) is 2.03. The second-order valence-corrected chi connectivity index (χ2v) is 4.15. The zero-order valence-electron chi connectivity index (χ0n) is 8.29. The fourth-order valence-corrected chi connectivity index (χ4v) is 2.60. The average molecular weight is 192 g/mol. The van der Waals surface area contributed by atoms with Gasteiger partial charge in [0.25, 0.3) is 0 Å². The van der Waals surface area contributed by atoms with Crippen LogP contribution in [-0.4, -0.2) is 41.3 Å². The first-order valence-electron chi connectivity index (χ1n) is 5.42. The molecule has 1 atom stereocenters. The van der Waals surface area contributed by atoms with Gasteiger partial charge in [-0.15, -0.1) is 0 Å². The third-order valence-corrected chi connectivity index (χ3v) is 3.36. The van der Waals surface area contributed by atoms with Crippen molar-refractivity contribution in [1.82, 2.24) is 20.4 Å². The van der Waals surface area contributed by atoms with E-state index in [0.717, 1.165) is 13.1 Å². The minimum Gasteiger partial charge on any atom is -0.314 e. The van der Waals surface area contributed by atoms with E-state index in [2.05, 4.69) is 20.4 Å². The van der Waals surface area contributed by atoms with Gasteiger partial charge in [0, 0.05) is 26.2 Å². The molecular formula is C10H16N4. The lowest BCUT2D eigenvalue weighted by Crippen LogP contribution is -2.44. The van der Waals surface area contributed by atoms with Gasteiger partial charge in [0.05, 0.1) is 17.9 Å². The molecule has 0 saturated carbocycles. The fraction of sp³-hybridized carbons (Fsp3) is 0.700. The number of fused-ring (bicyclic) bond motifs is 1. The summed E-state index contributed by atoms with van der Waals surface area (Å²) in [5, 5.41) is 10.7. The van der Waals surface area contributed by atoms with Crippen molar-refractivity contribution in [3.8, 4) is 0 Å². The van der Waals surface area contributed by atoms with Gasteiger partial charge < -0.3 is 5.32 Å². The van der Waals surface area contributed by atoms with Crippen LogP contribution < -0.4 is 5.32 Å². The Morgan fingerprint density at radius 2 is 2.21 bits per heavy atom. The molecular weight excluding hydrogens is 176 g/mol.